The molecule has 1 aliphatic rings. The number of carbonyl (C=O) groups excluding carboxylic acids is 1. The first-order valence-corrected chi connectivity index (χ1v) is 13.2. The van der Waals surface area contributed by atoms with Gasteiger partial charge < -0.3 is 14.5 Å². The molecule has 7 nitrogen and oxygen atoms in total. The average molecular weight is 479 g/mol. The molecule has 0 unspecified atom stereocenters. The number of benzene rings is 1. The summed E-state index contributed by atoms with van der Waals surface area (Å²) in [6, 6.07) is 10.2. The van der Waals surface area contributed by atoms with Crippen LogP contribution in [0.1, 0.15) is 18.4 Å². The van der Waals surface area contributed by atoms with Crippen molar-refractivity contribution >= 4 is 38.8 Å². The summed E-state index contributed by atoms with van der Waals surface area (Å²) in [4.78, 5) is 17.4. The molecule has 0 aliphatic carbocycles. The van der Waals surface area contributed by atoms with Gasteiger partial charge in [0.2, 0.25) is 31.8 Å². The highest BCUT2D eigenvalue weighted by Crippen LogP contribution is 2.36. The molecule has 1 aliphatic heterocycles. The van der Waals surface area contributed by atoms with Crippen molar-refractivity contribution in [2.24, 2.45) is 0 Å². The lowest BCUT2D eigenvalue weighted by atomic mass is 10.2. The molecule has 3 heterocycles. The van der Waals surface area contributed by atoms with Gasteiger partial charge in [-0.25, -0.2) is 8.42 Å². The Balaban J connectivity index is 1.55. The fourth-order valence-electron chi connectivity index (χ4n) is 3.10. The number of aromatic nitrogens is 1. The Labute approximate surface area is 189 Å². The van der Waals surface area contributed by atoms with E-state index in [9.17, 15) is 13.2 Å². The second-order valence-electron chi connectivity index (χ2n) is 7.13. The minimum absolute atomic E-state index is 0.0161. The zero-order chi connectivity index (χ0) is 21.8. The lowest BCUT2D eigenvalue weighted by Crippen LogP contribution is -2.32. The molecule has 1 N–H and O–H groups in total. The third-order valence-electron chi connectivity index (χ3n) is 4.77. The second kappa shape index (κ2) is 9.56. The molecule has 2 aromatic heterocycles. The van der Waals surface area contributed by atoms with Crippen molar-refractivity contribution in [2.45, 2.75) is 40.9 Å². The number of oxazole rings is 1. The van der Waals surface area contributed by atoms with Gasteiger partial charge in [-0.2, -0.15) is 4.98 Å². The van der Waals surface area contributed by atoms with Crippen LogP contribution in [0, 0.1) is 6.92 Å². The quantitative estimate of drug-likeness (QED) is 0.490. The Morgan fingerprint density at radius 2 is 2.10 bits per heavy atom. The van der Waals surface area contributed by atoms with Crippen molar-refractivity contribution in [1.29, 1.82) is 0 Å². The Morgan fingerprint density at radius 1 is 1.29 bits per heavy atom. The number of aryl methyl sites for hydroxylation is 1. The van der Waals surface area contributed by atoms with Gasteiger partial charge in [-0.15, -0.1) is 11.3 Å². The lowest BCUT2D eigenvalue weighted by Gasteiger charge is -2.10. The van der Waals surface area contributed by atoms with Crippen LogP contribution >= 0.6 is 23.1 Å². The van der Waals surface area contributed by atoms with Gasteiger partial charge in [0.05, 0.1) is 21.6 Å². The summed E-state index contributed by atoms with van der Waals surface area (Å²) in [6.07, 6.45) is 1.97. The van der Waals surface area contributed by atoms with E-state index in [0.29, 0.717) is 6.54 Å². The van der Waals surface area contributed by atoms with E-state index in [1.807, 2.05) is 24.4 Å². The van der Waals surface area contributed by atoms with E-state index in [1.54, 1.807) is 24.3 Å². The number of hydrogen-bond donors (Lipinski definition) is 1. The van der Waals surface area contributed by atoms with Gasteiger partial charge in [0.15, 0.2) is 0 Å². The van der Waals surface area contributed by atoms with E-state index in [1.165, 1.54) is 11.3 Å². The first-order chi connectivity index (χ1) is 14.9. The average Bonchev–Trinajstić information content (AvgIpc) is 3.52. The molecule has 31 heavy (non-hydrogen) atoms. The smallest absolute Gasteiger partial charge is 0.238 e. The van der Waals surface area contributed by atoms with Crippen LogP contribution in [0.4, 0.5) is 0 Å². The summed E-state index contributed by atoms with van der Waals surface area (Å²) in [5.41, 5.74) is 0.955. The summed E-state index contributed by atoms with van der Waals surface area (Å²) in [7, 11) is -3.90. The van der Waals surface area contributed by atoms with Crippen LogP contribution in [0.2, 0.25) is 0 Å². The molecule has 1 saturated heterocycles. The Hall–Kier alpha value is -2.14. The molecule has 1 aromatic carbocycles. The van der Waals surface area contributed by atoms with Crippen LogP contribution in [0.3, 0.4) is 0 Å². The third-order valence-corrected chi connectivity index (χ3v) is 8.38. The van der Waals surface area contributed by atoms with E-state index in [4.69, 9.17) is 9.15 Å². The van der Waals surface area contributed by atoms with Crippen LogP contribution in [0.5, 0.6) is 0 Å². The fourth-order valence-corrected chi connectivity index (χ4v) is 6.11. The second-order valence-corrected chi connectivity index (χ2v) is 10.9. The van der Waals surface area contributed by atoms with Crippen LogP contribution in [-0.4, -0.2) is 44.3 Å². The van der Waals surface area contributed by atoms with Crippen LogP contribution in [0.15, 0.2) is 61.2 Å². The van der Waals surface area contributed by atoms with Gasteiger partial charge >= 0.3 is 0 Å². The highest BCUT2D eigenvalue weighted by Gasteiger charge is 2.29. The van der Waals surface area contributed by atoms with E-state index >= 15 is 0 Å². The van der Waals surface area contributed by atoms with Crippen molar-refractivity contribution in [3.63, 3.8) is 0 Å². The first kappa shape index (κ1) is 22.1. The topological polar surface area (TPSA) is 98.5 Å². The molecule has 0 bridgehead atoms. The minimum atomic E-state index is -3.90. The highest BCUT2D eigenvalue weighted by atomic mass is 32.2. The lowest BCUT2D eigenvalue weighted by molar-refractivity contribution is -0.119. The maximum absolute atomic E-state index is 13.2. The maximum Gasteiger partial charge on any atom is 0.238 e. The Morgan fingerprint density at radius 3 is 2.77 bits per heavy atom. The molecule has 164 valence electrons. The molecular weight excluding hydrogens is 456 g/mol. The number of carbonyl (C=O) groups is 1. The number of ether oxygens (including phenoxy) is 1. The van der Waals surface area contributed by atoms with Crippen molar-refractivity contribution in [2.75, 3.05) is 18.9 Å². The van der Waals surface area contributed by atoms with Gasteiger partial charge in [-0.05, 0) is 43.3 Å². The number of thiophene rings is 1. The third kappa shape index (κ3) is 5.20. The predicted octanol–water partition coefficient (Wildman–Crippen LogP) is 3.93. The molecular formula is C21H22N2O5S3. The van der Waals surface area contributed by atoms with Gasteiger partial charge in [-0.3, -0.25) is 4.79 Å². The van der Waals surface area contributed by atoms with Crippen LogP contribution < -0.4 is 5.32 Å². The van der Waals surface area contributed by atoms with E-state index < -0.39 is 9.84 Å². The largest absolute Gasteiger partial charge is 0.428 e. The van der Waals surface area contributed by atoms with Crippen molar-refractivity contribution in [1.82, 2.24) is 10.3 Å². The zero-order valence-electron chi connectivity index (χ0n) is 16.9. The van der Waals surface area contributed by atoms with Crippen molar-refractivity contribution in [3.8, 4) is 10.8 Å². The number of rotatable bonds is 8. The normalized spacial score (nSPS) is 16.5. The molecule has 1 fully saturated rings. The molecule has 0 radical (unpaired) electrons. The van der Waals surface area contributed by atoms with Gasteiger partial charge in [0.1, 0.15) is 0 Å². The Bertz CT molecular complexity index is 1130. The summed E-state index contributed by atoms with van der Waals surface area (Å²) < 4.78 is 37.8. The summed E-state index contributed by atoms with van der Waals surface area (Å²) in [6.45, 7) is 3.06. The van der Waals surface area contributed by atoms with Gasteiger partial charge in [0, 0.05) is 13.2 Å². The number of nitrogens with one attached hydrogen (secondary N) is 1. The number of amides is 1. The van der Waals surface area contributed by atoms with Crippen molar-refractivity contribution < 1.29 is 22.4 Å². The predicted molar refractivity (Wildman–Crippen MR) is 119 cm³/mol. The fraction of sp³-hybridized carbons (Fsp3) is 0.333. The molecule has 0 saturated carbocycles. The minimum Gasteiger partial charge on any atom is -0.428 e. The summed E-state index contributed by atoms with van der Waals surface area (Å²) in [5.74, 6) is 0.0265. The molecule has 3 aromatic rings. The monoisotopic (exact) mass is 478 g/mol. The standard InChI is InChI=1S/C21H22N2O5S3/c1-14-6-8-16(9-7-14)31(25,26)20-21(28-19(23-20)17-5-3-11-29-17)30-13-18(24)22-12-15-4-2-10-27-15/h3,5-9,11,15H,2,4,10,12-13H2,1H3,(H,22,24)/t15-/m1/s1. The zero-order valence-corrected chi connectivity index (χ0v) is 19.3. The number of thioether (sulfide) groups is 1. The maximum atomic E-state index is 13.2. The van der Waals surface area contributed by atoms with E-state index in [2.05, 4.69) is 10.3 Å². The van der Waals surface area contributed by atoms with Crippen molar-refractivity contribution in [3.05, 3.63) is 47.3 Å². The number of hydrogen-bond acceptors (Lipinski definition) is 8. The van der Waals surface area contributed by atoms with Gasteiger partial charge in [0.25, 0.3) is 0 Å². The molecule has 10 heteroatoms. The van der Waals surface area contributed by atoms with Crippen LogP contribution in [-0.2, 0) is 19.4 Å². The van der Waals surface area contributed by atoms with Crippen LogP contribution in [0.25, 0.3) is 10.8 Å². The van der Waals surface area contributed by atoms with E-state index in [0.717, 1.165) is 41.7 Å². The molecule has 4 rings (SSSR count). The van der Waals surface area contributed by atoms with E-state index in [-0.39, 0.29) is 38.7 Å². The highest BCUT2D eigenvalue weighted by molar-refractivity contribution is 8.00. The van der Waals surface area contributed by atoms with Gasteiger partial charge in [-0.1, -0.05) is 35.5 Å². The Kier molecular flexibility index (Phi) is 6.80. The molecule has 1 atom stereocenters. The first-order valence-electron chi connectivity index (χ1n) is 9.81. The SMILES string of the molecule is Cc1ccc(S(=O)(=O)c2nc(-c3cccs3)oc2SCC(=O)NC[C@H]2CCCO2)cc1. The molecule has 0 spiro atoms. The number of sulfone groups is 1. The summed E-state index contributed by atoms with van der Waals surface area (Å²) >= 11 is 2.42. The molecule has 1 amide bonds. The number of nitrogens with zero attached hydrogens (tertiary/aromatic N) is 1. The summed E-state index contributed by atoms with van der Waals surface area (Å²) in [5, 5.41) is 4.63.